The molecule has 0 saturated heterocycles. The SMILES string of the molecule is CCCCCCCCCCOC(=O)C(CC)(CC)C(=O)OCCC(C)C. The van der Waals surface area contributed by atoms with E-state index < -0.39 is 17.4 Å². The van der Waals surface area contributed by atoms with E-state index in [1.54, 1.807) is 0 Å². The molecule has 154 valence electrons. The Morgan fingerprint density at radius 3 is 1.65 bits per heavy atom. The van der Waals surface area contributed by atoms with E-state index in [-0.39, 0.29) is 0 Å². The lowest BCUT2D eigenvalue weighted by Crippen LogP contribution is -2.41. The summed E-state index contributed by atoms with van der Waals surface area (Å²) >= 11 is 0. The minimum atomic E-state index is -1.14. The fourth-order valence-corrected chi connectivity index (χ4v) is 2.98. The number of hydrogen-bond acceptors (Lipinski definition) is 4. The van der Waals surface area contributed by atoms with E-state index in [4.69, 9.17) is 9.47 Å². The number of carbonyl (C=O) groups excluding carboxylic acids is 2. The minimum Gasteiger partial charge on any atom is -0.465 e. The van der Waals surface area contributed by atoms with E-state index in [0.29, 0.717) is 32.0 Å². The van der Waals surface area contributed by atoms with Gasteiger partial charge in [-0.05, 0) is 31.6 Å². The molecular weight excluding hydrogens is 328 g/mol. The second-order valence-electron chi connectivity index (χ2n) is 7.72. The van der Waals surface area contributed by atoms with Gasteiger partial charge in [-0.2, -0.15) is 0 Å². The Morgan fingerprint density at radius 1 is 0.731 bits per heavy atom. The number of unbranched alkanes of at least 4 members (excludes halogenated alkanes) is 7. The van der Waals surface area contributed by atoms with Crippen molar-refractivity contribution >= 4 is 11.9 Å². The van der Waals surface area contributed by atoms with Crippen LogP contribution in [0.2, 0.25) is 0 Å². The minimum absolute atomic E-state index is 0.365. The molecule has 4 nitrogen and oxygen atoms in total. The van der Waals surface area contributed by atoms with E-state index >= 15 is 0 Å². The van der Waals surface area contributed by atoms with Crippen LogP contribution in [0.25, 0.3) is 0 Å². The fourth-order valence-electron chi connectivity index (χ4n) is 2.98. The van der Waals surface area contributed by atoms with Crippen LogP contribution in [0, 0.1) is 11.3 Å². The molecule has 0 unspecified atom stereocenters. The van der Waals surface area contributed by atoms with Crippen molar-refractivity contribution in [2.24, 2.45) is 11.3 Å². The highest BCUT2D eigenvalue weighted by atomic mass is 16.6. The molecule has 0 rings (SSSR count). The van der Waals surface area contributed by atoms with Gasteiger partial charge in [0.05, 0.1) is 13.2 Å². The van der Waals surface area contributed by atoms with Crippen LogP contribution in [0.1, 0.15) is 105 Å². The van der Waals surface area contributed by atoms with Crippen molar-refractivity contribution in [3.63, 3.8) is 0 Å². The average molecular weight is 371 g/mol. The van der Waals surface area contributed by atoms with Crippen LogP contribution < -0.4 is 0 Å². The summed E-state index contributed by atoms with van der Waals surface area (Å²) in [6.45, 7) is 10.9. The lowest BCUT2D eigenvalue weighted by Gasteiger charge is -2.27. The van der Waals surface area contributed by atoms with Crippen LogP contribution in [-0.4, -0.2) is 25.2 Å². The normalized spacial score (nSPS) is 11.6. The molecule has 0 aliphatic heterocycles. The predicted molar refractivity (Wildman–Crippen MR) is 107 cm³/mol. The van der Waals surface area contributed by atoms with Gasteiger partial charge in [0.25, 0.3) is 0 Å². The largest absolute Gasteiger partial charge is 0.465 e. The molecule has 0 aliphatic rings. The van der Waals surface area contributed by atoms with Crippen LogP contribution in [0.15, 0.2) is 0 Å². The van der Waals surface area contributed by atoms with Crippen molar-refractivity contribution in [3.05, 3.63) is 0 Å². The quantitative estimate of drug-likeness (QED) is 0.188. The lowest BCUT2D eigenvalue weighted by molar-refractivity contribution is -0.173. The van der Waals surface area contributed by atoms with Crippen molar-refractivity contribution in [3.8, 4) is 0 Å². The number of hydrogen-bond donors (Lipinski definition) is 0. The van der Waals surface area contributed by atoms with E-state index in [1.165, 1.54) is 38.5 Å². The van der Waals surface area contributed by atoms with Crippen molar-refractivity contribution in [2.45, 2.75) is 105 Å². The lowest BCUT2D eigenvalue weighted by atomic mass is 9.82. The summed E-state index contributed by atoms with van der Waals surface area (Å²) in [7, 11) is 0. The van der Waals surface area contributed by atoms with Gasteiger partial charge >= 0.3 is 11.9 Å². The molecule has 0 saturated carbocycles. The van der Waals surface area contributed by atoms with Crippen LogP contribution in [0.4, 0.5) is 0 Å². The van der Waals surface area contributed by atoms with Crippen LogP contribution in [0.3, 0.4) is 0 Å². The first-order valence-corrected chi connectivity index (χ1v) is 10.8. The summed E-state index contributed by atoms with van der Waals surface area (Å²) in [5.41, 5.74) is -1.14. The van der Waals surface area contributed by atoms with Crippen molar-refractivity contribution < 1.29 is 19.1 Å². The second-order valence-corrected chi connectivity index (χ2v) is 7.72. The summed E-state index contributed by atoms with van der Waals surface area (Å²) < 4.78 is 10.8. The highest BCUT2D eigenvalue weighted by Gasteiger charge is 2.45. The topological polar surface area (TPSA) is 52.6 Å². The highest BCUT2D eigenvalue weighted by molar-refractivity contribution is 5.99. The van der Waals surface area contributed by atoms with Gasteiger partial charge < -0.3 is 9.47 Å². The average Bonchev–Trinajstić information content (AvgIpc) is 2.61. The first-order chi connectivity index (χ1) is 12.4. The van der Waals surface area contributed by atoms with Crippen LogP contribution >= 0.6 is 0 Å². The molecule has 0 aromatic heterocycles. The summed E-state index contributed by atoms with van der Waals surface area (Å²) in [4.78, 5) is 25.0. The van der Waals surface area contributed by atoms with Gasteiger partial charge in [-0.1, -0.05) is 79.6 Å². The summed E-state index contributed by atoms with van der Waals surface area (Å²) in [5, 5.41) is 0. The Hall–Kier alpha value is -1.06. The maximum atomic E-state index is 12.5. The standard InChI is InChI=1S/C22H42O4/c1-6-9-10-11-12-13-14-15-17-25-20(23)22(7-2,8-3)21(24)26-18-16-19(4)5/h19H,6-18H2,1-5H3. The van der Waals surface area contributed by atoms with Gasteiger partial charge in [0.1, 0.15) is 0 Å². The van der Waals surface area contributed by atoms with Gasteiger partial charge in [0.15, 0.2) is 5.41 Å². The molecule has 0 amide bonds. The zero-order chi connectivity index (χ0) is 19.8. The first-order valence-electron chi connectivity index (χ1n) is 10.8. The van der Waals surface area contributed by atoms with Crippen molar-refractivity contribution in [1.82, 2.24) is 0 Å². The molecule has 26 heavy (non-hydrogen) atoms. The van der Waals surface area contributed by atoms with Crippen LogP contribution in [0.5, 0.6) is 0 Å². The molecule has 0 aromatic carbocycles. The molecule has 0 aliphatic carbocycles. The monoisotopic (exact) mass is 370 g/mol. The molecule has 0 heterocycles. The van der Waals surface area contributed by atoms with Crippen molar-refractivity contribution in [2.75, 3.05) is 13.2 Å². The fraction of sp³-hybridized carbons (Fsp3) is 0.909. The molecule has 0 spiro atoms. The van der Waals surface area contributed by atoms with Gasteiger partial charge in [-0.25, -0.2) is 0 Å². The smallest absolute Gasteiger partial charge is 0.323 e. The maximum Gasteiger partial charge on any atom is 0.323 e. The molecule has 0 radical (unpaired) electrons. The Morgan fingerprint density at radius 2 is 1.19 bits per heavy atom. The van der Waals surface area contributed by atoms with Gasteiger partial charge in [0.2, 0.25) is 0 Å². The Kier molecular flexibility index (Phi) is 14.4. The molecule has 0 atom stereocenters. The number of ether oxygens (including phenoxy) is 2. The third-order valence-electron chi connectivity index (χ3n) is 5.15. The van der Waals surface area contributed by atoms with Gasteiger partial charge in [-0.15, -0.1) is 0 Å². The number of carbonyl (C=O) groups is 2. The Balaban J connectivity index is 4.19. The zero-order valence-electron chi connectivity index (χ0n) is 17.9. The first kappa shape index (κ1) is 24.9. The van der Waals surface area contributed by atoms with E-state index in [9.17, 15) is 9.59 Å². The third kappa shape index (κ3) is 9.59. The van der Waals surface area contributed by atoms with Crippen molar-refractivity contribution in [1.29, 1.82) is 0 Å². The highest BCUT2D eigenvalue weighted by Crippen LogP contribution is 2.30. The summed E-state index contributed by atoms with van der Waals surface area (Å²) in [6.07, 6.45) is 11.2. The van der Waals surface area contributed by atoms with E-state index in [0.717, 1.165) is 19.3 Å². The van der Waals surface area contributed by atoms with Gasteiger partial charge in [-0.3, -0.25) is 9.59 Å². The second kappa shape index (κ2) is 15.0. The Bertz CT molecular complexity index is 372. The number of rotatable bonds is 16. The predicted octanol–water partition coefficient (Wildman–Crippen LogP) is 6.07. The number of esters is 2. The molecule has 4 heteroatoms. The maximum absolute atomic E-state index is 12.5. The van der Waals surface area contributed by atoms with Crippen LogP contribution in [-0.2, 0) is 19.1 Å². The summed E-state index contributed by atoms with van der Waals surface area (Å²) in [5.74, 6) is -0.376. The molecule has 0 bridgehead atoms. The molecule has 0 aromatic rings. The molecular formula is C22H42O4. The van der Waals surface area contributed by atoms with Gasteiger partial charge in [0, 0.05) is 0 Å². The third-order valence-corrected chi connectivity index (χ3v) is 5.15. The molecule has 0 fully saturated rings. The Labute approximate surface area is 161 Å². The van der Waals surface area contributed by atoms with E-state index in [1.807, 2.05) is 13.8 Å². The van der Waals surface area contributed by atoms with E-state index in [2.05, 4.69) is 20.8 Å². The zero-order valence-corrected chi connectivity index (χ0v) is 17.9. The molecule has 0 N–H and O–H groups in total. The summed E-state index contributed by atoms with van der Waals surface area (Å²) in [6, 6.07) is 0.